The SMILES string of the molecule is N#C/C(=C1C=C/C(=N\O)C(C(=O)O)=C\1)c1ccccc1. The first-order valence-corrected chi connectivity index (χ1v) is 5.72. The largest absolute Gasteiger partial charge is 0.478 e. The molecule has 5 nitrogen and oxygen atoms in total. The summed E-state index contributed by atoms with van der Waals surface area (Å²) >= 11 is 0. The van der Waals surface area contributed by atoms with E-state index in [4.69, 9.17) is 10.3 Å². The zero-order chi connectivity index (χ0) is 14.5. The molecule has 0 unspecified atom stereocenters. The molecule has 0 atom stereocenters. The van der Waals surface area contributed by atoms with E-state index in [-0.39, 0.29) is 11.3 Å². The lowest BCUT2D eigenvalue weighted by atomic mass is 9.93. The summed E-state index contributed by atoms with van der Waals surface area (Å²) in [6.07, 6.45) is 4.23. The molecule has 0 aromatic heterocycles. The van der Waals surface area contributed by atoms with Crippen molar-refractivity contribution in [2.45, 2.75) is 0 Å². The van der Waals surface area contributed by atoms with Crippen molar-refractivity contribution in [2.24, 2.45) is 5.16 Å². The minimum atomic E-state index is -1.22. The molecule has 0 fully saturated rings. The Bertz CT molecular complexity index is 704. The lowest BCUT2D eigenvalue weighted by Crippen LogP contribution is -2.13. The third kappa shape index (κ3) is 2.49. The first-order valence-electron chi connectivity index (χ1n) is 5.72. The van der Waals surface area contributed by atoms with Crippen molar-refractivity contribution in [2.75, 3.05) is 0 Å². The van der Waals surface area contributed by atoms with Gasteiger partial charge in [-0.2, -0.15) is 5.26 Å². The molecular weight excluding hydrogens is 256 g/mol. The van der Waals surface area contributed by atoms with Gasteiger partial charge >= 0.3 is 5.97 Å². The normalized spacial score (nSPS) is 18.4. The molecule has 0 bridgehead atoms. The third-order valence-corrected chi connectivity index (χ3v) is 2.80. The zero-order valence-electron chi connectivity index (χ0n) is 10.3. The Kier molecular flexibility index (Phi) is 3.77. The van der Waals surface area contributed by atoms with Crippen LogP contribution in [0.2, 0.25) is 0 Å². The standard InChI is InChI=1S/C15H10N2O3/c16-9-13(10-4-2-1-3-5-10)11-6-7-14(17-20)12(8-11)15(18)19/h1-8,20H,(H,18,19)/b13-11-,17-14+. The monoisotopic (exact) mass is 266 g/mol. The third-order valence-electron chi connectivity index (χ3n) is 2.80. The lowest BCUT2D eigenvalue weighted by molar-refractivity contribution is -0.132. The molecular formula is C15H10N2O3. The van der Waals surface area contributed by atoms with E-state index in [0.29, 0.717) is 16.7 Å². The fourth-order valence-corrected chi connectivity index (χ4v) is 1.85. The maximum absolute atomic E-state index is 11.1. The van der Waals surface area contributed by atoms with Crippen molar-refractivity contribution < 1.29 is 15.1 Å². The number of allylic oxidation sites excluding steroid dienone is 5. The average Bonchev–Trinajstić information content (AvgIpc) is 2.49. The predicted molar refractivity (Wildman–Crippen MR) is 73.1 cm³/mol. The number of hydrogen-bond acceptors (Lipinski definition) is 4. The Labute approximate surface area is 115 Å². The van der Waals surface area contributed by atoms with Gasteiger partial charge in [0.05, 0.1) is 11.1 Å². The van der Waals surface area contributed by atoms with Crippen LogP contribution < -0.4 is 0 Å². The van der Waals surface area contributed by atoms with Gasteiger partial charge in [0.25, 0.3) is 0 Å². The average molecular weight is 266 g/mol. The summed E-state index contributed by atoms with van der Waals surface area (Å²) in [5, 5.41) is 30.0. The summed E-state index contributed by atoms with van der Waals surface area (Å²) in [5.74, 6) is -1.22. The second kappa shape index (κ2) is 5.67. The van der Waals surface area contributed by atoms with Crippen LogP contribution in [-0.4, -0.2) is 22.0 Å². The van der Waals surface area contributed by atoms with Crippen LogP contribution >= 0.6 is 0 Å². The summed E-state index contributed by atoms with van der Waals surface area (Å²) in [5.41, 5.74) is 1.31. The number of benzene rings is 1. The van der Waals surface area contributed by atoms with Crippen LogP contribution in [0.25, 0.3) is 5.57 Å². The van der Waals surface area contributed by atoms with Gasteiger partial charge in [-0.15, -0.1) is 0 Å². The highest BCUT2D eigenvalue weighted by Gasteiger charge is 2.19. The predicted octanol–water partition coefficient (Wildman–Crippen LogP) is 2.37. The van der Waals surface area contributed by atoms with Crippen molar-refractivity contribution in [3.63, 3.8) is 0 Å². The molecule has 0 spiro atoms. The van der Waals surface area contributed by atoms with Gasteiger partial charge in [-0.25, -0.2) is 4.79 Å². The number of carboxylic acids is 1. The molecule has 0 saturated carbocycles. The summed E-state index contributed by atoms with van der Waals surface area (Å²) in [6.45, 7) is 0. The van der Waals surface area contributed by atoms with E-state index < -0.39 is 5.97 Å². The van der Waals surface area contributed by atoms with E-state index in [1.165, 1.54) is 12.2 Å². The lowest BCUT2D eigenvalue weighted by Gasteiger charge is -2.10. The van der Waals surface area contributed by atoms with E-state index >= 15 is 0 Å². The molecule has 1 aromatic rings. The van der Waals surface area contributed by atoms with E-state index in [1.807, 2.05) is 6.07 Å². The highest BCUT2D eigenvalue weighted by Crippen LogP contribution is 2.24. The molecule has 0 amide bonds. The first kappa shape index (κ1) is 13.3. The highest BCUT2D eigenvalue weighted by atomic mass is 16.4. The number of aliphatic carboxylic acids is 1. The van der Waals surface area contributed by atoms with Gasteiger partial charge in [0, 0.05) is 0 Å². The molecule has 0 heterocycles. The fraction of sp³-hybridized carbons (Fsp3) is 0. The highest BCUT2D eigenvalue weighted by molar-refractivity contribution is 6.25. The quantitative estimate of drug-likeness (QED) is 0.488. The van der Waals surface area contributed by atoms with Gasteiger partial charge < -0.3 is 10.3 Å². The van der Waals surface area contributed by atoms with Gasteiger partial charge in [0.15, 0.2) is 0 Å². The number of oxime groups is 1. The number of carboxylic acid groups (broad SMARTS) is 1. The van der Waals surface area contributed by atoms with Crippen molar-refractivity contribution in [1.82, 2.24) is 0 Å². The molecule has 0 aliphatic heterocycles. The topological polar surface area (TPSA) is 93.7 Å². The Morgan fingerprint density at radius 2 is 1.90 bits per heavy atom. The molecule has 20 heavy (non-hydrogen) atoms. The second-order valence-electron chi connectivity index (χ2n) is 3.99. The summed E-state index contributed by atoms with van der Waals surface area (Å²) in [7, 11) is 0. The molecule has 0 saturated heterocycles. The van der Waals surface area contributed by atoms with Crippen LogP contribution in [0, 0.1) is 11.3 Å². The number of hydrogen-bond donors (Lipinski definition) is 2. The van der Waals surface area contributed by atoms with Crippen molar-refractivity contribution in [3.8, 4) is 6.07 Å². The van der Waals surface area contributed by atoms with E-state index in [1.54, 1.807) is 30.3 Å². The molecule has 1 aromatic carbocycles. The number of nitriles is 1. The summed E-state index contributed by atoms with van der Waals surface area (Å²) in [4.78, 5) is 11.1. The Hall–Kier alpha value is -3.13. The van der Waals surface area contributed by atoms with Gasteiger partial charge in [-0.3, -0.25) is 0 Å². The maximum atomic E-state index is 11.1. The van der Waals surface area contributed by atoms with Crippen molar-refractivity contribution in [3.05, 3.63) is 65.3 Å². The number of nitrogens with zero attached hydrogens (tertiary/aromatic N) is 2. The van der Waals surface area contributed by atoms with Crippen molar-refractivity contribution >= 4 is 17.3 Å². The molecule has 2 N–H and O–H groups in total. The van der Waals surface area contributed by atoms with E-state index in [0.717, 1.165) is 0 Å². The molecule has 2 rings (SSSR count). The van der Waals surface area contributed by atoms with E-state index in [2.05, 4.69) is 11.2 Å². The first-order chi connectivity index (χ1) is 9.67. The van der Waals surface area contributed by atoms with Crippen LogP contribution in [0.3, 0.4) is 0 Å². The smallest absolute Gasteiger partial charge is 0.338 e. The van der Waals surface area contributed by atoms with Crippen LogP contribution in [0.15, 0.2) is 64.9 Å². The van der Waals surface area contributed by atoms with Crippen LogP contribution in [0.1, 0.15) is 5.56 Å². The van der Waals surface area contributed by atoms with Crippen LogP contribution in [0.4, 0.5) is 0 Å². The zero-order valence-corrected chi connectivity index (χ0v) is 10.3. The van der Waals surface area contributed by atoms with Gasteiger partial charge in [-0.05, 0) is 23.3 Å². The fourth-order valence-electron chi connectivity index (χ4n) is 1.85. The van der Waals surface area contributed by atoms with Crippen molar-refractivity contribution in [1.29, 1.82) is 5.26 Å². The summed E-state index contributed by atoms with van der Waals surface area (Å²) in [6, 6.07) is 11.0. The molecule has 0 radical (unpaired) electrons. The minimum absolute atomic E-state index is 0.0494. The summed E-state index contributed by atoms with van der Waals surface area (Å²) < 4.78 is 0. The maximum Gasteiger partial charge on any atom is 0.338 e. The Balaban J connectivity index is 2.60. The molecule has 1 aliphatic carbocycles. The number of rotatable bonds is 2. The molecule has 98 valence electrons. The van der Waals surface area contributed by atoms with Gasteiger partial charge in [-0.1, -0.05) is 41.6 Å². The molecule has 1 aliphatic rings. The molecule has 5 heteroatoms. The second-order valence-corrected chi connectivity index (χ2v) is 3.99. The minimum Gasteiger partial charge on any atom is -0.478 e. The Morgan fingerprint density at radius 1 is 1.20 bits per heavy atom. The Morgan fingerprint density at radius 3 is 2.45 bits per heavy atom. The van der Waals surface area contributed by atoms with Crippen LogP contribution in [-0.2, 0) is 4.79 Å². The van der Waals surface area contributed by atoms with E-state index in [9.17, 15) is 10.1 Å². The van der Waals surface area contributed by atoms with Gasteiger partial charge in [0.1, 0.15) is 11.8 Å². The number of carbonyl (C=O) groups is 1. The van der Waals surface area contributed by atoms with Gasteiger partial charge in [0.2, 0.25) is 0 Å². The van der Waals surface area contributed by atoms with Crippen LogP contribution in [0.5, 0.6) is 0 Å².